The minimum absolute atomic E-state index is 0.174. The van der Waals surface area contributed by atoms with Crippen LogP contribution in [0, 0.1) is 0 Å². The number of epoxide rings is 1. The fraction of sp³-hybridized carbons (Fsp3) is 0.333. The van der Waals surface area contributed by atoms with Gasteiger partial charge in [0, 0.05) is 4.47 Å². The molecule has 1 saturated heterocycles. The maximum Gasteiger partial charge on any atom is 0.416 e. The molecule has 0 radical (unpaired) electrons. The summed E-state index contributed by atoms with van der Waals surface area (Å²) in [4.78, 5) is 0. The average molecular weight is 267 g/mol. The van der Waals surface area contributed by atoms with Gasteiger partial charge >= 0.3 is 6.18 Å². The van der Waals surface area contributed by atoms with Crippen molar-refractivity contribution < 1.29 is 17.9 Å². The molecule has 1 aliphatic heterocycles. The Bertz CT molecular complexity index is 358. The molecule has 0 bridgehead atoms. The number of hydrogen-bond acceptors (Lipinski definition) is 1. The largest absolute Gasteiger partial charge is 0.416 e. The first-order chi connectivity index (χ1) is 6.48. The highest BCUT2D eigenvalue weighted by atomic mass is 79.9. The summed E-state index contributed by atoms with van der Waals surface area (Å²) in [6.45, 7) is 0.500. The molecule has 0 amide bonds. The quantitative estimate of drug-likeness (QED) is 0.709. The van der Waals surface area contributed by atoms with Crippen LogP contribution in [0.2, 0.25) is 0 Å². The molecule has 1 aromatic rings. The highest BCUT2D eigenvalue weighted by Gasteiger charge is 2.34. The van der Waals surface area contributed by atoms with E-state index in [0.717, 1.165) is 12.1 Å². The topological polar surface area (TPSA) is 12.5 Å². The van der Waals surface area contributed by atoms with E-state index < -0.39 is 11.7 Å². The van der Waals surface area contributed by atoms with Crippen LogP contribution in [0.25, 0.3) is 0 Å². The molecule has 5 heteroatoms. The van der Waals surface area contributed by atoms with Crippen molar-refractivity contribution in [3.63, 3.8) is 0 Å². The first kappa shape index (κ1) is 9.98. The van der Waals surface area contributed by atoms with Crippen LogP contribution in [0.4, 0.5) is 13.2 Å². The molecule has 2 rings (SSSR count). The molecule has 0 spiro atoms. The molecule has 1 fully saturated rings. The van der Waals surface area contributed by atoms with Crippen LogP contribution in [-0.2, 0) is 10.9 Å². The van der Waals surface area contributed by atoms with Gasteiger partial charge in [0.25, 0.3) is 0 Å². The van der Waals surface area contributed by atoms with Crippen molar-refractivity contribution in [1.29, 1.82) is 0 Å². The second kappa shape index (κ2) is 3.24. The Kier molecular flexibility index (Phi) is 2.31. The SMILES string of the molecule is FC(F)(F)c1ccc(Br)c(C2CO2)c1. The summed E-state index contributed by atoms with van der Waals surface area (Å²) in [6, 6.07) is 3.58. The van der Waals surface area contributed by atoms with Gasteiger partial charge < -0.3 is 4.74 Å². The average Bonchev–Trinajstić information content (AvgIpc) is 2.85. The fourth-order valence-electron chi connectivity index (χ4n) is 1.19. The zero-order valence-electron chi connectivity index (χ0n) is 6.94. The van der Waals surface area contributed by atoms with Crippen LogP contribution < -0.4 is 0 Å². The highest BCUT2D eigenvalue weighted by molar-refractivity contribution is 9.10. The molecule has 1 heterocycles. The number of halogens is 4. The van der Waals surface area contributed by atoms with Crippen molar-refractivity contribution >= 4 is 15.9 Å². The molecule has 14 heavy (non-hydrogen) atoms. The highest BCUT2D eigenvalue weighted by Crippen LogP contribution is 2.38. The Hall–Kier alpha value is -0.550. The van der Waals surface area contributed by atoms with Gasteiger partial charge in [0.05, 0.1) is 12.2 Å². The molecular formula is C9H6BrF3O. The molecule has 76 valence electrons. The van der Waals surface area contributed by atoms with Crippen molar-refractivity contribution in [1.82, 2.24) is 0 Å². The van der Waals surface area contributed by atoms with Crippen LogP contribution in [-0.4, -0.2) is 6.61 Å². The van der Waals surface area contributed by atoms with Crippen molar-refractivity contribution in [3.8, 4) is 0 Å². The Morgan fingerprint density at radius 1 is 1.36 bits per heavy atom. The maximum absolute atomic E-state index is 12.3. The monoisotopic (exact) mass is 266 g/mol. The van der Waals surface area contributed by atoms with Crippen molar-refractivity contribution in [2.75, 3.05) is 6.61 Å². The Morgan fingerprint density at radius 2 is 2.00 bits per heavy atom. The molecule has 1 aromatic carbocycles. The van der Waals surface area contributed by atoms with E-state index in [4.69, 9.17) is 4.74 Å². The Balaban J connectivity index is 2.40. The predicted octanol–water partition coefficient (Wildman–Crippen LogP) is 3.54. The zero-order valence-corrected chi connectivity index (χ0v) is 8.52. The summed E-state index contributed by atoms with van der Waals surface area (Å²) >= 11 is 3.19. The van der Waals surface area contributed by atoms with Crippen molar-refractivity contribution in [2.24, 2.45) is 0 Å². The smallest absolute Gasteiger partial charge is 0.368 e. The van der Waals surface area contributed by atoms with Crippen LogP contribution in [0.15, 0.2) is 22.7 Å². The van der Waals surface area contributed by atoms with E-state index in [-0.39, 0.29) is 6.10 Å². The number of alkyl halides is 3. The van der Waals surface area contributed by atoms with Gasteiger partial charge in [-0.2, -0.15) is 13.2 Å². The lowest BCUT2D eigenvalue weighted by Gasteiger charge is -2.08. The van der Waals surface area contributed by atoms with E-state index in [9.17, 15) is 13.2 Å². The van der Waals surface area contributed by atoms with E-state index in [1.807, 2.05) is 0 Å². The van der Waals surface area contributed by atoms with Crippen molar-refractivity contribution in [2.45, 2.75) is 12.3 Å². The maximum atomic E-state index is 12.3. The zero-order chi connectivity index (χ0) is 10.3. The molecule has 0 N–H and O–H groups in total. The molecule has 1 nitrogen and oxygen atoms in total. The van der Waals surface area contributed by atoms with Crippen molar-refractivity contribution in [3.05, 3.63) is 33.8 Å². The Morgan fingerprint density at radius 3 is 2.50 bits per heavy atom. The first-order valence-corrected chi connectivity index (χ1v) is 4.76. The molecular weight excluding hydrogens is 261 g/mol. The van der Waals surface area contributed by atoms with Crippen LogP contribution in [0.1, 0.15) is 17.2 Å². The first-order valence-electron chi connectivity index (χ1n) is 3.97. The van der Waals surface area contributed by atoms with E-state index in [0.29, 0.717) is 16.6 Å². The third-order valence-electron chi connectivity index (χ3n) is 2.00. The number of rotatable bonds is 1. The minimum Gasteiger partial charge on any atom is -0.368 e. The van der Waals surface area contributed by atoms with Crippen LogP contribution in [0.5, 0.6) is 0 Å². The number of hydrogen-bond donors (Lipinski definition) is 0. The molecule has 0 saturated carbocycles. The van der Waals surface area contributed by atoms with Gasteiger partial charge in [0.15, 0.2) is 0 Å². The molecule has 1 aliphatic rings. The van der Waals surface area contributed by atoms with E-state index in [1.54, 1.807) is 0 Å². The lowest BCUT2D eigenvalue weighted by Crippen LogP contribution is -2.05. The molecule has 1 atom stereocenters. The summed E-state index contributed by atoms with van der Waals surface area (Å²) in [7, 11) is 0. The third kappa shape index (κ3) is 1.93. The summed E-state index contributed by atoms with van der Waals surface area (Å²) in [5, 5.41) is 0. The minimum atomic E-state index is -4.29. The lowest BCUT2D eigenvalue weighted by atomic mass is 10.1. The summed E-state index contributed by atoms with van der Waals surface area (Å²) in [5.74, 6) is 0. The van der Waals surface area contributed by atoms with Gasteiger partial charge in [-0.1, -0.05) is 15.9 Å². The molecule has 0 aliphatic carbocycles. The summed E-state index contributed by atoms with van der Waals surface area (Å²) < 4.78 is 42.6. The number of ether oxygens (including phenoxy) is 1. The number of benzene rings is 1. The van der Waals surface area contributed by atoms with Gasteiger partial charge in [-0.3, -0.25) is 0 Å². The Labute approximate surface area is 87.0 Å². The van der Waals surface area contributed by atoms with Crippen LogP contribution >= 0.6 is 15.9 Å². The van der Waals surface area contributed by atoms with E-state index >= 15 is 0 Å². The van der Waals surface area contributed by atoms with Gasteiger partial charge in [-0.05, 0) is 23.8 Å². The second-order valence-electron chi connectivity index (χ2n) is 3.06. The standard InChI is InChI=1S/C9H6BrF3O/c10-7-2-1-5(9(11,12)13)3-6(7)8-4-14-8/h1-3,8H,4H2. The van der Waals surface area contributed by atoms with Gasteiger partial charge in [-0.15, -0.1) is 0 Å². The molecule has 0 aromatic heterocycles. The van der Waals surface area contributed by atoms with E-state index in [1.165, 1.54) is 6.07 Å². The fourth-order valence-corrected chi connectivity index (χ4v) is 1.70. The lowest BCUT2D eigenvalue weighted by molar-refractivity contribution is -0.137. The normalized spacial score (nSPS) is 21.0. The predicted molar refractivity (Wildman–Crippen MR) is 47.8 cm³/mol. The van der Waals surface area contributed by atoms with Gasteiger partial charge in [0.2, 0.25) is 0 Å². The third-order valence-corrected chi connectivity index (χ3v) is 2.73. The van der Waals surface area contributed by atoms with Gasteiger partial charge in [-0.25, -0.2) is 0 Å². The van der Waals surface area contributed by atoms with Crippen LogP contribution in [0.3, 0.4) is 0 Å². The van der Waals surface area contributed by atoms with Gasteiger partial charge in [0.1, 0.15) is 6.10 Å². The summed E-state index contributed by atoms with van der Waals surface area (Å²) in [5.41, 5.74) is -0.0639. The second-order valence-corrected chi connectivity index (χ2v) is 3.91. The molecule has 1 unspecified atom stereocenters. The summed E-state index contributed by atoms with van der Waals surface area (Å²) in [6.07, 6.45) is -4.46. The van der Waals surface area contributed by atoms with E-state index in [2.05, 4.69) is 15.9 Å².